The van der Waals surface area contributed by atoms with E-state index in [1.165, 1.54) is 0 Å². The van der Waals surface area contributed by atoms with Gasteiger partial charge < -0.3 is 20.7 Å². The van der Waals surface area contributed by atoms with Crippen molar-refractivity contribution in [2.45, 2.75) is 32.7 Å². The number of anilines is 2. The number of hydrogen-bond donors (Lipinski definition) is 3. The molecule has 0 aromatic heterocycles. The van der Waals surface area contributed by atoms with Crippen LogP contribution in [0.4, 0.5) is 11.4 Å². The van der Waals surface area contributed by atoms with Crippen molar-refractivity contribution in [3.8, 4) is 5.75 Å². The third-order valence-corrected chi connectivity index (χ3v) is 5.05. The molecule has 0 fully saturated rings. The summed E-state index contributed by atoms with van der Waals surface area (Å²) in [5.41, 5.74) is 1.25. The Morgan fingerprint density at radius 2 is 1.53 bits per heavy atom. The summed E-state index contributed by atoms with van der Waals surface area (Å²) in [6, 6.07) is 15.3. The monoisotopic (exact) mass is 457 g/mol. The van der Waals surface area contributed by atoms with Gasteiger partial charge in [-0.25, -0.2) is 0 Å². The zero-order valence-corrected chi connectivity index (χ0v) is 19.5. The molecule has 0 saturated carbocycles. The standard InChI is InChI=1S/C24H31N3O4S/c1-17(2)15-22(28)25-18-9-11-19(12-10-18)26-24(30)21(13-14-32-3)27-23(29)16-31-20-7-5-4-6-8-20/h4-12,17,21H,13-16H2,1-3H3,(H,25,28)(H,26,30)(H,27,29). The van der Waals surface area contributed by atoms with E-state index >= 15 is 0 Å². The number of ether oxygens (including phenoxy) is 1. The maximum Gasteiger partial charge on any atom is 0.258 e. The van der Waals surface area contributed by atoms with Crippen LogP contribution in [0.2, 0.25) is 0 Å². The molecule has 0 aliphatic heterocycles. The maximum atomic E-state index is 12.8. The molecule has 7 nitrogen and oxygen atoms in total. The molecule has 2 aromatic carbocycles. The number of amides is 3. The smallest absolute Gasteiger partial charge is 0.258 e. The first kappa shape index (κ1) is 25.3. The molecular formula is C24H31N3O4S. The van der Waals surface area contributed by atoms with Gasteiger partial charge in [-0.15, -0.1) is 0 Å². The third kappa shape index (κ3) is 9.43. The summed E-state index contributed by atoms with van der Waals surface area (Å²) in [6.07, 6.45) is 2.89. The normalized spacial score (nSPS) is 11.5. The Labute approximate surface area is 193 Å². The fraction of sp³-hybridized carbons (Fsp3) is 0.375. The lowest BCUT2D eigenvalue weighted by Gasteiger charge is -2.18. The molecule has 1 atom stereocenters. The largest absolute Gasteiger partial charge is 0.484 e. The Balaban J connectivity index is 1.90. The second-order valence-corrected chi connectivity index (χ2v) is 8.70. The van der Waals surface area contributed by atoms with E-state index in [1.54, 1.807) is 48.2 Å². The van der Waals surface area contributed by atoms with E-state index in [1.807, 2.05) is 38.3 Å². The van der Waals surface area contributed by atoms with Crippen LogP contribution in [0.25, 0.3) is 0 Å². The van der Waals surface area contributed by atoms with E-state index in [0.29, 0.717) is 30.0 Å². The van der Waals surface area contributed by atoms with Crippen LogP contribution in [0.5, 0.6) is 5.75 Å². The first-order valence-corrected chi connectivity index (χ1v) is 11.9. The summed E-state index contributed by atoms with van der Waals surface area (Å²) in [5.74, 6) is 0.878. The van der Waals surface area contributed by atoms with Crippen LogP contribution in [0, 0.1) is 5.92 Å². The molecule has 32 heavy (non-hydrogen) atoms. The summed E-state index contributed by atoms with van der Waals surface area (Å²) in [4.78, 5) is 37.0. The van der Waals surface area contributed by atoms with Gasteiger partial charge in [0.15, 0.2) is 6.61 Å². The number of nitrogens with one attached hydrogen (secondary N) is 3. The Bertz CT molecular complexity index is 873. The zero-order chi connectivity index (χ0) is 23.3. The first-order chi connectivity index (χ1) is 15.4. The second-order valence-electron chi connectivity index (χ2n) is 7.72. The van der Waals surface area contributed by atoms with Crippen LogP contribution >= 0.6 is 11.8 Å². The van der Waals surface area contributed by atoms with Gasteiger partial charge in [-0.2, -0.15) is 11.8 Å². The Hall–Kier alpha value is -3.00. The molecule has 2 aromatic rings. The topological polar surface area (TPSA) is 96.5 Å². The molecule has 0 aliphatic carbocycles. The van der Waals surface area contributed by atoms with Crippen molar-refractivity contribution in [3.63, 3.8) is 0 Å². The molecule has 0 heterocycles. The van der Waals surface area contributed by atoms with Gasteiger partial charge in [0.25, 0.3) is 5.91 Å². The fourth-order valence-electron chi connectivity index (χ4n) is 2.86. The first-order valence-electron chi connectivity index (χ1n) is 10.5. The Kier molecular flexibility index (Phi) is 10.6. The lowest BCUT2D eigenvalue weighted by atomic mass is 10.1. The van der Waals surface area contributed by atoms with Gasteiger partial charge in [0, 0.05) is 17.8 Å². The minimum absolute atomic E-state index is 0.0469. The second kappa shape index (κ2) is 13.4. The molecule has 3 N–H and O–H groups in total. The van der Waals surface area contributed by atoms with Crippen molar-refractivity contribution < 1.29 is 19.1 Å². The molecule has 3 amide bonds. The number of carbonyl (C=O) groups excluding carboxylic acids is 3. The van der Waals surface area contributed by atoms with Crippen molar-refractivity contribution >= 4 is 40.9 Å². The summed E-state index contributed by atoms with van der Waals surface area (Å²) >= 11 is 1.60. The molecular weight excluding hydrogens is 426 g/mol. The Morgan fingerprint density at radius 3 is 2.12 bits per heavy atom. The van der Waals surface area contributed by atoms with E-state index in [0.717, 1.165) is 5.75 Å². The van der Waals surface area contributed by atoms with Gasteiger partial charge in [-0.3, -0.25) is 14.4 Å². The molecule has 0 saturated heterocycles. The fourth-order valence-corrected chi connectivity index (χ4v) is 3.33. The van der Waals surface area contributed by atoms with Crippen LogP contribution in [0.15, 0.2) is 54.6 Å². The predicted octanol–water partition coefficient (Wildman–Crippen LogP) is 3.93. The number of benzene rings is 2. The quantitative estimate of drug-likeness (QED) is 0.449. The van der Waals surface area contributed by atoms with E-state index in [9.17, 15) is 14.4 Å². The molecule has 0 radical (unpaired) electrons. The Morgan fingerprint density at radius 1 is 0.906 bits per heavy atom. The summed E-state index contributed by atoms with van der Waals surface area (Å²) in [6.45, 7) is 3.80. The predicted molar refractivity (Wildman–Crippen MR) is 130 cm³/mol. The van der Waals surface area contributed by atoms with Crippen molar-refractivity contribution in [2.75, 3.05) is 29.2 Å². The van der Waals surface area contributed by atoms with E-state index in [2.05, 4.69) is 16.0 Å². The third-order valence-electron chi connectivity index (χ3n) is 4.41. The molecule has 0 spiro atoms. The van der Waals surface area contributed by atoms with Crippen LogP contribution < -0.4 is 20.7 Å². The number of para-hydroxylation sites is 1. The molecule has 1 unspecified atom stereocenters. The highest BCUT2D eigenvalue weighted by atomic mass is 32.2. The zero-order valence-electron chi connectivity index (χ0n) is 18.7. The number of carbonyl (C=O) groups is 3. The maximum absolute atomic E-state index is 12.8. The molecule has 8 heteroatoms. The summed E-state index contributed by atoms with van der Waals surface area (Å²) in [5, 5.41) is 8.41. The van der Waals surface area contributed by atoms with Gasteiger partial charge in [-0.1, -0.05) is 32.0 Å². The van der Waals surface area contributed by atoms with Crippen LogP contribution in [-0.2, 0) is 14.4 Å². The highest BCUT2D eigenvalue weighted by Crippen LogP contribution is 2.15. The number of hydrogen-bond acceptors (Lipinski definition) is 5. The summed E-state index contributed by atoms with van der Waals surface area (Å²) < 4.78 is 5.46. The van der Waals surface area contributed by atoms with Crippen LogP contribution in [0.3, 0.4) is 0 Å². The van der Waals surface area contributed by atoms with Gasteiger partial charge >= 0.3 is 0 Å². The van der Waals surface area contributed by atoms with E-state index in [4.69, 9.17) is 4.74 Å². The van der Waals surface area contributed by atoms with Crippen LogP contribution in [0.1, 0.15) is 26.7 Å². The highest BCUT2D eigenvalue weighted by molar-refractivity contribution is 7.98. The van der Waals surface area contributed by atoms with Crippen molar-refractivity contribution in [1.29, 1.82) is 0 Å². The van der Waals surface area contributed by atoms with E-state index in [-0.39, 0.29) is 30.2 Å². The minimum Gasteiger partial charge on any atom is -0.484 e. The molecule has 0 bridgehead atoms. The van der Waals surface area contributed by atoms with Crippen molar-refractivity contribution in [3.05, 3.63) is 54.6 Å². The minimum atomic E-state index is -0.681. The van der Waals surface area contributed by atoms with Crippen LogP contribution in [-0.4, -0.2) is 42.4 Å². The number of thioether (sulfide) groups is 1. The highest BCUT2D eigenvalue weighted by Gasteiger charge is 2.21. The number of rotatable bonds is 12. The molecule has 2 rings (SSSR count). The lowest BCUT2D eigenvalue weighted by Crippen LogP contribution is -2.45. The van der Waals surface area contributed by atoms with Crippen molar-refractivity contribution in [1.82, 2.24) is 5.32 Å². The van der Waals surface area contributed by atoms with Crippen molar-refractivity contribution in [2.24, 2.45) is 5.92 Å². The SMILES string of the molecule is CSCCC(NC(=O)COc1ccccc1)C(=O)Nc1ccc(NC(=O)CC(C)C)cc1. The van der Waals surface area contributed by atoms with Gasteiger partial charge in [0.1, 0.15) is 11.8 Å². The molecule has 0 aliphatic rings. The average molecular weight is 458 g/mol. The van der Waals surface area contributed by atoms with E-state index < -0.39 is 6.04 Å². The lowest BCUT2D eigenvalue weighted by molar-refractivity contribution is -0.127. The summed E-state index contributed by atoms with van der Waals surface area (Å²) in [7, 11) is 0. The average Bonchev–Trinajstić information content (AvgIpc) is 2.76. The van der Waals surface area contributed by atoms with Gasteiger partial charge in [0.05, 0.1) is 0 Å². The van der Waals surface area contributed by atoms with Gasteiger partial charge in [0.2, 0.25) is 11.8 Å². The van der Waals surface area contributed by atoms with Gasteiger partial charge in [-0.05, 0) is 60.7 Å². The molecule has 172 valence electrons.